The lowest BCUT2D eigenvalue weighted by atomic mass is 10.1. The Morgan fingerprint density at radius 1 is 1.12 bits per heavy atom. The first kappa shape index (κ1) is 19.7. The fourth-order valence-electron chi connectivity index (χ4n) is 2.39. The Kier molecular flexibility index (Phi) is 6.91. The predicted octanol–water partition coefficient (Wildman–Crippen LogP) is 3.30. The Labute approximate surface area is 156 Å². The van der Waals surface area contributed by atoms with E-state index in [9.17, 15) is 14.4 Å². The van der Waals surface area contributed by atoms with E-state index in [1.807, 2.05) is 19.9 Å². The lowest BCUT2D eigenvalue weighted by Gasteiger charge is -2.07. The van der Waals surface area contributed by atoms with Gasteiger partial charge >= 0.3 is 5.97 Å². The number of thiophene rings is 1. The number of methoxy groups -OCH3 is 1. The molecule has 2 rings (SSSR count). The van der Waals surface area contributed by atoms with Crippen molar-refractivity contribution in [2.24, 2.45) is 0 Å². The number of rotatable bonds is 7. The van der Waals surface area contributed by atoms with Crippen molar-refractivity contribution >= 4 is 34.1 Å². The molecule has 0 radical (unpaired) electrons. The fraction of sp³-hybridized carbons (Fsp3) is 0.316. The van der Waals surface area contributed by atoms with Crippen molar-refractivity contribution in [3.63, 3.8) is 0 Å². The van der Waals surface area contributed by atoms with Crippen LogP contribution in [0.15, 0.2) is 30.3 Å². The average molecular weight is 374 g/mol. The molecule has 26 heavy (non-hydrogen) atoms. The van der Waals surface area contributed by atoms with E-state index in [4.69, 9.17) is 4.74 Å². The second-order valence-electron chi connectivity index (χ2n) is 5.75. The van der Waals surface area contributed by atoms with Gasteiger partial charge in [0.05, 0.1) is 12.7 Å². The largest absolute Gasteiger partial charge is 0.465 e. The van der Waals surface area contributed by atoms with Gasteiger partial charge in [0, 0.05) is 23.4 Å². The summed E-state index contributed by atoms with van der Waals surface area (Å²) < 4.78 is 4.79. The smallest absolute Gasteiger partial charge is 0.341 e. The van der Waals surface area contributed by atoms with Crippen LogP contribution in [0.1, 0.15) is 44.0 Å². The molecule has 0 aliphatic rings. The van der Waals surface area contributed by atoms with E-state index in [0.29, 0.717) is 29.1 Å². The molecule has 2 amide bonds. The Morgan fingerprint density at radius 2 is 1.81 bits per heavy atom. The maximum absolute atomic E-state index is 12.1. The number of benzene rings is 1. The highest BCUT2D eigenvalue weighted by Crippen LogP contribution is 2.33. The Morgan fingerprint density at radius 3 is 2.46 bits per heavy atom. The minimum absolute atomic E-state index is 0.163. The molecule has 0 fully saturated rings. The van der Waals surface area contributed by atoms with Crippen LogP contribution in [0, 0.1) is 13.8 Å². The van der Waals surface area contributed by atoms with Gasteiger partial charge in [0.1, 0.15) is 5.00 Å². The first-order valence-electron chi connectivity index (χ1n) is 8.25. The van der Waals surface area contributed by atoms with E-state index in [-0.39, 0.29) is 18.2 Å². The number of carbonyl (C=O) groups excluding carboxylic acids is 3. The van der Waals surface area contributed by atoms with Crippen LogP contribution in [-0.4, -0.2) is 31.4 Å². The summed E-state index contributed by atoms with van der Waals surface area (Å²) in [5.74, 6) is -0.828. The van der Waals surface area contributed by atoms with Gasteiger partial charge in [0.15, 0.2) is 0 Å². The van der Waals surface area contributed by atoms with E-state index in [0.717, 1.165) is 10.4 Å². The molecule has 0 atom stereocenters. The number of esters is 1. The van der Waals surface area contributed by atoms with Gasteiger partial charge < -0.3 is 15.4 Å². The van der Waals surface area contributed by atoms with Gasteiger partial charge in [-0.2, -0.15) is 0 Å². The van der Waals surface area contributed by atoms with Crippen molar-refractivity contribution in [3.8, 4) is 0 Å². The van der Waals surface area contributed by atoms with Crippen molar-refractivity contribution in [3.05, 3.63) is 51.9 Å². The molecule has 0 spiro atoms. The SMILES string of the molecule is COC(=O)c1c(NC(=O)CCCNC(=O)c2ccccc2)sc(C)c1C. The number of hydrogen-bond acceptors (Lipinski definition) is 5. The molecule has 0 aliphatic heterocycles. The van der Waals surface area contributed by atoms with Gasteiger partial charge in [-0.3, -0.25) is 9.59 Å². The summed E-state index contributed by atoms with van der Waals surface area (Å²) in [5, 5.41) is 6.06. The second kappa shape index (κ2) is 9.15. The summed E-state index contributed by atoms with van der Waals surface area (Å²) in [6, 6.07) is 8.91. The van der Waals surface area contributed by atoms with Crippen LogP contribution in [0.3, 0.4) is 0 Å². The Balaban J connectivity index is 1.83. The van der Waals surface area contributed by atoms with Gasteiger partial charge in [-0.05, 0) is 38.0 Å². The summed E-state index contributed by atoms with van der Waals surface area (Å²) in [4.78, 5) is 36.9. The van der Waals surface area contributed by atoms with Gasteiger partial charge in [-0.25, -0.2) is 4.79 Å². The maximum Gasteiger partial charge on any atom is 0.341 e. The highest BCUT2D eigenvalue weighted by atomic mass is 32.1. The second-order valence-corrected chi connectivity index (χ2v) is 6.98. The number of carbonyl (C=O) groups is 3. The molecule has 0 bridgehead atoms. The summed E-state index contributed by atoms with van der Waals surface area (Å²) in [6.45, 7) is 4.11. The molecular weight excluding hydrogens is 352 g/mol. The first-order valence-corrected chi connectivity index (χ1v) is 9.07. The zero-order chi connectivity index (χ0) is 19.1. The van der Waals surface area contributed by atoms with Crippen LogP contribution in [0.4, 0.5) is 5.00 Å². The molecule has 138 valence electrons. The highest BCUT2D eigenvalue weighted by Gasteiger charge is 2.21. The number of ether oxygens (including phenoxy) is 1. The van der Waals surface area contributed by atoms with Gasteiger partial charge in [0.2, 0.25) is 5.91 Å². The molecule has 0 saturated carbocycles. The van der Waals surface area contributed by atoms with E-state index in [1.54, 1.807) is 24.3 Å². The van der Waals surface area contributed by atoms with E-state index in [1.165, 1.54) is 18.4 Å². The van der Waals surface area contributed by atoms with Crippen LogP contribution in [0.5, 0.6) is 0 Å². The van der Waals surface area contributed by atoms with Crippen molar-refractivity contribution in [2.45, 2.75) is 26.7 Å². The van der Waals surface area contributed by atoms with Gasteiger partial charge in [0.25, 0.3) is 5.91 Å². The van der Waals surface area contributed by atoms with Crippen molar-refractivity contribution in [1.29, 1.82) is 0 Å². The summed E-state index contributed by atoms with van der Waals surface area (Å²) in [6.07, 6.45) is 0.743. The third kappa shape index (κ3) is 4.92. The molecule has 1 aromatic heterocycles. The van der Waals surface area contributed by atoms with Crippen LogP contribution >= 0.6 is 11.3 Å². The predicted molar refractivity (Wildman–Crippen MR) is 102 cm³/mol. The molecule has 0 unspecified atom stereocenters. The zero-order valence-electron chi connectivity index (χ0n) is 15.0. The maximum atomic E-state index is 12.1. The quantitative estimate of drug-likeness (QED) is 0.575. The topological polar surface area (TPSA) is 84.5 Å². The van der Waals surface area contributed by atoms with Crippen molar-refractivity contribution in [1.82, 2.24) is 5.32 Å². The molecular formula is C19H22N2O4S. The Hall–Kier alpha value is -2.67. The van der Waals surface area contributed by atoms with E-state index in [2.05, 4.69) is 10.6 Å². The molecule has 7 heteroatoms. The van der Waals surface area contributed by atoms with Gasteiger partial charge in [-0.1, -0.05) is 18.2 Å². The van der Waals surface area contributed by atoms with Crippen LogP contribution in [0.25, 0.3) is 0 Å². The number of aryl methyl sites for hydroxylation is 1. The number of nitrogens with one attached hydrogen (secondary N) is 2. The number of anilines is 1. The third-order valence-electron chi connectivity index (χ3n) is 3.93. The lowest BCUT2D eigenvalue weighted by Crippen LogP contribution is -2.25. The lowest BCUT2D eigenvalue weighted by molar-refractivity contribution is -0.116. The molecule has 1 aromatic carbocycles. The summed E-state index contributed by atoms with van der Waals surface area (Å²) >= 11 is 1.35. The average Bonchev–Trinajstić information content (AvgIpc) is 2.92. The Bertz CT molecular complexity index is 799. The molecule has 6 nitrogen and oxygen atoms in total. The fourth-order valence-corrected chi connectivity index (χ4v) is 3.46. The standard InChI is InChI=1S/C19H22N2O4S/c1-12-13(2)26-18(16(12)19(24)25-3)21-15(22)10-7-11-20-17(23)14-8-5-4-6-9-14/h4-6,8-9H,7,10-11H2,1-3H3,(H,20,23)(H,21,22). The van der Waals surface area contributed by atoms with Crippen LogP contribution in [-0.2, 0) is 9.53 Å². The molecule has 1 heterocycles. The highest BCUT2D eigenvalue weighted by molar-refractivity contribution is 7.16. The molecule has 2 aromatic rings. The summed E-state index contributed by atoms with van der Waals surface area (Å²) in [7, 11) is 1.32. The van der Waals surface area contributed by atoms with E-state index < -0.39 is 5.97 Å². The normalized spacial score (nSPS) is 10.3. The zero-order valence-corrected chi connectivity index (χ0v) is 15.9. The molecule has 2 N–H and O–H groups in total. The van der Waals surface area contributed by atoms with E-state index >= 15 is 0 Å². The minimum atomic E-state index is -0.461. The molecule has 0 saturated heterocycles. The summed E-state index contributed by atoms with van der Waals surface area (Å²) in [5.41, 5.74) is 1.80. The van der Waals surface area contributed by atoms with Crippen molar-refractivity contribution in [2.75, 3.05) is 19.0 Å². The first-order chi connectivity index (χ1) is 12.4. The van der Waals surface area contributed by atoms with Crippen molar-refractivity contribution < 1.29 is 19.1 Å². The monoisotopic (exact) mass is 374 g/mol. The number of amides is 2. The minimum Gasteiger partial charge on any atom is -0.465 e. The molecule has 0 aliphatic carbocycles. The van der Waals surface area contributed by atoms with Gasteiger partial charge in [-0.15, -0.1) is 11.3 Å². The third-order valence-corrected chi connectivity index (χ3v) is 5.05. The number of hydrogen-bond donors (Lipinski definition) is 2. The van der Waals surface area contributed by atoms with Crippen LogP contribution in [0.2, 0.25) is 0 Å². The van der Waals surface area contributed by atoms with Crippen LogP contribution < -0.4 is 10.6 Å².